The van der Waals surface area contributed by atoms with E-state index < -0.39 is 0 Å². The van der Waals surface area contributed by atoms with Crippen molar-refractivity contribution in [2.45, 2.75) is 6.54 Å². The highest BCUT2D eigenvalue weighted by atomic mass is 16.2. The van der Waals surface area contributed by atoms with Crippen molar-refractivity contribution in [3.05, 3.63) is 42.4 Å². The summed E-state index contributed by atoms with van der Waals surface area (Å²) in [5.41, 5.74) is 0.895. The van der Waals surface area contributed by atoms with Crippen molar-refractivity contribution in [3.63, 3.8) is 0 Å². The molecule has 2 N–H and O–H groups in total. The van der Waals surface area contributed by atoms with Gasteiger partial charge in [-0.1, -0.05) is 12.0 Å². The molecule has 6 heteroatoms. The van der Waals surface area contributed by atoms with Gasteiger partial charge >= 0.3 is 6.03 Å². The summed E-state index contributed by atoms with van der Waals surface area (Å²) < 4.78 is 1.66. The van der Waals surface area contributed by atoms with Crippen LogP contribution in [-0.4, -0.2) is 27.3 Å². The third-order valence-electron chi connectivity index (χ3n) is 2.35. The van der Waals surface area contributed by atoms with E-state index in [0.29, 0.717) is 6.54 Å². The van der Waals surface area contributed by atoms with Gasteiger partial charge in [0.15, 0.2) is 5.82 Å². The zero-order valence-corrected chi connectivity index (χ0v) is 10.2. The van der Waals surface area contributed by atoms with Gasteiger partial charge in [0, 0.05) is 25.1 Å². The number of amides is 2. The van der Waals surface area contributed by atoms with Gasteiger partial charge in [-0.15, -0.1) is 6.42 Å². The molecule has 2 aromatic rings. The normalized spacial score (nSPS) is 9.63. The van der Waals surface area contributed by atoms with Gasteiger partial charge in [0.2, 0.25) is 0 Å². The zero-order valence-electron chi connectivity index (χ0n) is 10.2. The third kappa shape index (κ3) is 3.57. The molecule has 0 unspecified atom stereocenters. The molecule has 0 radical (unpaired) electrons. The van der Waals surface area contributed by atoms with Crippen molar-refractivity contribution in [1.82, 2.24) is 25.4 Å². The highest BCUT2D eigenvalue weighted by molar-refractivity contribution is 5.74. The number of nitrogens with one attached hydrogen (secondary N) is 2. The number of pyridine rings is 1. The first-order valence-corrected chi connectivity index (χ1v) is 5.69. The van der Waals surface area contributed by atoms with E-state index in [9.17, 15) is 4.79 Å². The van der Waals surface area contributed by atoms with Gasteiger partial charge in [-0.25, -0.2) is 14.5 Å². The summed E-state index contributed by atoms with van der Waals surface area (Å²) in [6, 6.07) is 5.25. The highest BCUT2D eigenvalue weighted by Gasteiger charge is 2.01. The maximum Gasteiger partial charge on any atom is 0.315 e. The Bertz CT molecular complexity index is 568. The maximum atomic E-state index is 11.3. The number of nitrogens with zero attached hydrogens (tertiary/aromatic N) is 3. The summed E-state index contributed by atoms with van der Waals surface area (Å²) in [5, 5.41) is 9.28. The Kier molecular flexibility index (Phi) is 4.13. The number of carbonyl (C=O) groups is 1. The summed E-state index contributed by atoms with van der Waals surface area (Å²) in [4.78, 5) is 15.5. The summed E-state index contributed by atoms with van der Waals surface area (Å²) in [7, 11) is 0. The van der Waals surface area contributed by atoms with Crippen molar-refractivity contribution in [2.75, 3.05) is 6.54 Å². The van der Waals surface area contributed by atoms with E-state index in [1.807, 2.05) is 24.4 Å². The van der Waals surface area contributed by atoms with Crippen molar-refractivity contribution in [2.24, 2.45) is 0 Å². The molecule has 0 fully saturated rings. The van der Waals surface area contributed by atoms with E-state index >= 15 is 0 Å². The molecular formula is C13H13N5O. The molecule has 0 saturated carbocycles. The molecule has 2 rings (SSSR count). The van der Waals surface area contributed by atoms with Gasteiger partial charge in [0.1, 0.15) is 0 Å². The first kappa shape index (κ1) is 12.6. The number of rotatable bonds is 4. The molecule has 19 heavy (non-hydrogen) atoms. The fourth-order valence-corrected chi connectivity index (χ4v) is 1.44. The van der Waals surface area contributed by atoms with Crippen molar-refractivity contribution in [3.8, 4) is 18.2 Å². The second-order valence-electron chi connectivity index (χ2n) is 3.72. The Labute approximate surface area is 110 Å². The van der Waals surface area contributed by atoms with Crippen LogP contribution < -0.4 is 10.6 Å². The van der Waals surface area contributed by atoms with E-state index in [2.05, 4.69) is 26.6 Å². The largest absolute Gasteiger partial charge is 0.334 e. The van der Waals surface area contributed by atoms with Gasteiger partial charge in [-0.3, -0.25) is 0 Å². The number of hydrogen-bond acceptors (Lipinski definition) is 3. The van der Waals surface area contributed by atoms with Crippen LogP contribution in [0.4, 0.5) is 4.79 Å². The van der Waals surface area contributed by atoms with E-state index in [1.54, 1.807) is 17.1 Å². The summed E-state index contributed by atoms with van der Waals surface area (Å²) in [6.07, 6.45) is 10.2. The molecular weight excluding hydrogens is 242 g/mol. The van der Waals surface area contributed by atoms with Gasteiger partial charge in [0.25, 0.3) is 0 Å². The number of urea groups is 1. The van der Waals surface area contributed by atoms with E-state index in [0.717, 1.165) is 11.4 Å². The van der Waals surface area contributed by atoms with Crippen molar-refractivity contribution < 1.29 is 4.79 Å². The molecule has 0 aromatic carbocycles. The monoisotopic (exact) mass is 255 g/mol. The van der Waals surface area contributed by atoms with Crippen LogP contribution in [0.5, 0.6) is 0 Å². The first-order chi connectivity index (χ1) is 9.29. The molecule has 0 bridgehead atoms. The van der Waals surface area contributed by atoms with E-state index in [-0.39, 0.29) is 12.6 Å². The lowest BCUT2D eigenvalue weighted by molar-refractivity contribution is 0.241. The Morgan fingerprint density at radius 2 is 2.32 bits per heavy atom. The predicted molar refractivity (Wildman–Crippen MR) is 70.4 cm³/mol. The molecule has 0 aliphatic rings. The average molecular weight is 255 g/mol. The van der Waals surface area contributed by atoms with Crippen LogP contribution in [0, 0.1) is 12.3 Å². The fourth-order valence-electron chi connectivity index (χ4n) is 1.44. The van der Waals surface area contributed by atoms with Crippen LogP contribution in [0.3, 0.4) is 0 Å². The molecule has 0 aliphatic heterocycles. The van der Waals surface area contributed by atoms with Gasteiger partial charge in [-0.2, -0.15) is 5.10 Å². The molecule has 2 heterocycles. The van der Waals surface area contributed by atoms with Crippen molar-refractivity contribution >= 4 is 6.03 Å². The molecule has 0 atom stereocenters. The second-order valence-corrected chi connectivity index (χ2v) is 3.72. The highest BCUT2D eigenvalue weighted by Crippen LogP contribution is 2.04. The molecule has 0 saturated heterocycles. The van der Waals surface area contributed by atoms with E-state index in [4.69, 9.17) is 6.42 Å². The standard InChI is InChI=1S/C13H13N5O/c1-2-6-14-13(19)16-10-11-4-5-12(15-9-11)18-8-3-7-17-18/h1,3-5,7-9H,6,10H2,(H2,14,16,19). The Balaban J connectivity index is 1.89. The smallest absolute Gasteiger partial charge is 0.315 e. The minimum absolute atomic E-state index is 0.211. The SMILES string of the molecule is C#CCNC(=O)NCc1ccc(-n2cccn2)nc1. The van der Waals surface area contributed by atoms with Gasteiger partial charge in [0.05, 0.1) is 6.54 Å². The van der Waals surface area contributed by atoms with E-state index in [1.165, 1.54) is 0 Å². The van der Waals surface area contributed by atoms with Crippen LogP contribution in [-0.2, 0) is 6.54 Å². The van der Waals surface area contributed by atoms with Crippen LogP contribution in [0.1, 0.15) is 5.56 Å². The quantitative estimate of drug-likeness (QED) is 0.790. The van der Waals surface area contributed by atoms with Crippen LogP contribution in [0.25, 0.3) is 5.82 Å². The average Bonchev–Trinajstić information content (AvgIpc) is 2.97. The lowest BCUT2D eigenvalue weighted by Crippen LogP contribution is -2.35. The summed E-state index contributed by atoms with van der Waals surface area (Å²) in [5.74, 6) is 3.05. The molecule has 6 nitrogen and oxygen atoms in total. The van der Waals surface area contributed by atoms with Gasteiger partial charge in [-0.05, 0) is 17.7 Å². The molecule has 96 valence electrons. The number of hydrogen-bond donors (Lipinski definition) is 2. The van der Waals surface area contributed by atoms with Crippen LogP contribution >= 0.6 is 0 Å². The predicted octanol–water partition coefficient (Wildman–Crippen LogP) is 0.700. The topological polar surface area (TPSA) is 71.8 Å². The summed E-state index contributed by atoms with van der Waals surface area (Å²) in [6.45, 7) is 0.602. The number of carbonyl (C=O) groups excluding carboxylic acids is 1. The lowest BCUT2D eigenvalue weighted by Gasteiger charge is -2.06. The molecule has 0 aliphatic carbocycles. The lowest BCUT2D eigenvalue weighted by atomic mass is 10.3. The van der Waals surface area contributed by atoms with Crippen LogP contribution in [0.15, 0.2) is 36.8 Å². The molecule has 2 amide bonds. The first-order valence-electron chi connectivity index (χ1n) is 5.69. The van der Waals surface area contributed by atoms with Crippen molar-refractivity contribution in [1.29, 1.82) is 0 Å². The molecule has 0 spiro atoms. The molecule has 2 aromatic heterocycles. The Hall–Kier alpha value is -2.81. The maximum absolute atomic E-state index is 11.3. The number of terminal acetylenes is 1. The Morgan fingerprint density at radius 3 is 2.95 bits per heavy atom. The third-order valence-corrected chi connectivity index (χ3v) is 2.35. The minimum atomic E-state index is -0.297. The summed E-state index contributed by atoms with van der Waals surface area (Å²) >= 11 is 0. The number of aromatic nitrogens is 3. The van der Waals surface area contributed by atoms with Gasteiger partial charge < -0.3 is 10.6 Å². The zero-order chi connectivity index (χ0) is 13.5. The minimum Gasteiger partial charge on any atom is -0.334 e. The fraction of sp³-hybridized carbons (Fsp3) is 0.154. The second kappa shape index (κ2) is 6.21. The van der Waals surface area contributed by atoms with Crippen LogP contribution in [0.2, 0.25) is 0 Å². The Morgan fingerprint density at radius 1 is 1.42 bits per heavy atom.